The molecule has 0 radical (unpaired) electrons. The second-order valence-corrected chi connectivity index (χ2v) is 8.85. The zero-order chi connectivity index (χ0) is 19.1. The maximum absolute atomic E-state index is 15.1. The van der Waals surface area contributed by atoms with Crippen LogP contribution in [0.4, 0.5) is 10.1 Å². The summed E-state index contributed by atoms with van der Waals surface area (Å²) in [5.41, 5.74) is 2.55. The number of thioether (sulfide) groups is 1. The quantitative estimate of drug-likeness (QED) is 0.790. The van der Waals surface area contributed by atoms with Crippen molar-refractivity contribution in [2.45, 2.75) is 24.3 Å². The van der Waals surface area contributed by atoms with Crippen LogP contribution in [0.2, 0.25) is 0 Å². The fourth-order valence-corrected chi connectivity index (χ4v) is 5.34. The molecule has 0 saturated carbocycles. The van der Waals surface area contributed by atoms with Crippen LogP contribution in [0.3, 0.4) is 0 Å². The first-order chi connectivity index (χ1) is 13.7. The highest BCUT2D eigenvalue weighted by Crippen LogP contribution is 2.47. The number of aliphatic imine (C=N–C) groups is 1. The van der Waals surface area contributed by atoms with E-state index in [1.807, 2.05) is 24.3 Å². The summed E-state index contributed by atoms with van der Waals surface area (Å²) in [7, 11) is 0. The lowest BCUT2D eigenvalue weighted by Gasteiger charge is -2.31. The van der Waals surface area contributed by atoms with E-state index in [4.69, 9.17) is 9.73 Å². The normalized spacial score (nSPS) is 27.1. The Morgan fingerprint density at radius 2 is 2.04 bits per heavy atom. The van der Waals surface area contributed by atoms with Gasteiger partial charge in [-0.05, 0) is 29.8 Å². The van der Waals surface area contributed by atoms with Gasteiger partial charge in [-0.15, -0.1) is 0 Å². The van der Waals surface area contributed by atoms with Crippen LogP contribution in [0, 0.1) is 5.82 Å². The van der Waals surface area contributed by atoms with E-state index in [1.54, 1.807) is 24.0 Å². The van der Waals surface area contributed by atoms with Gasteiger partial charge in [-0.1, -0.05) is 30.8 Å². The smallest absolute Gasteiger partial charge is 0.160 e. The van der Waals surface area contributed by atoms with Gasteiger partial charge in [0.15, 0.2) is 5.17 Å². The molecule has 3 aliphatic rings. The highest BCUT2D eigenvalue weighted by Gasteiger charge is 2.43. The Morgan fingerprint density at radius 3 is 2.79 bits per heavy atom. The average molecular weight is 399 g/mol. The SMILES string of the molecule is CC1CN2C(=NC(c3ccccn3)C2c2ccc(N3CCOCC3)c(F)c2)S1. The Kier molecular flexibility index (Phi) is 4.72. The van der Waals surface area contributed by atoms with Gasteiger partial charge in [0, 0.05) is 31.1 Å². The van der Waals surface area contributed by atoms with Crippen LogP contribution in [-0.4, -0.2) is 53.1 Å². The Bertz CT molecular complexity index is 887. The van der Waals surface area contributed by atoms with Gasteiger partial charge in [0.2, 0.25) is 0 Å². The zero-order valence-corrected chi connectivity index (χ0v) is 16.6. The molecule has 3 aliphatic heterocycles. The van der Waals surface area contributed by atoms with E-state index in [0.29, 0.717) is 24.2 Å². The van der Waals surface area contributed by atoms with E-state index in [1.165, 1.54) is 0 Å². The minimum absolute atomic E-state index is 0.0180. The summed E-state index contributed by atoms with van der Waals surface area (Å²) in [6.07, 6.45) is 1.80. The van der Waals surface area contributed by atoms with Crippen molar-refractivity contribution < 1.29 is 9.13 Å². The van der Waals surface area contributed by atoms with Crippen molar-refractivity contribution in [1.29, 1.82) is 0 Å². The van der Waals surface area contributed by atoms with Gasteiger partial charge in [-0.3, -0.25) is 9.98 Å². The predicted octanol–water partition coefficient (Wildman–Crippen LogP) is 3.65. The number of aromatic nitrogens is 1. The number of rotatable bonds is 3. The van der Waals surface area contributed by atoms with Crippen LogP contribution in [0.1, 0.15) is 30.3 Å². The second kappa shape index (κ2) is 7.37. The molecule has 2 fully saturated rings. The van der Waals surface area contributed by atoms with Crippen molar-refractivity contribution >= 4 is 22.6 Å². The summed E-state index contributed by atoms with van der Waals surface area (Å²) in [6.45, 7) is 5.87. The van der Waals surface area contributed by atoms with Gasteiger partial charge >= 0.3 is 0 Å². The number of morpholine rings is 1. The molecule has 4 heterocycles. The molecule has 3 atom stereocenters. The zero-order valence-electron chi connectivity index (χ0n) is 15.8. The van der Waals surface area contributed by atoms with Crippen molar-refractivity contribution in [1.82, 2.24) is 9.88 Å². The third-order valence-electron chi connectivity index (χ3n) is 5.55. The molecule has 1 aromatic heterocycles. The number of nitrogens with zero attached hydrogens (tertiary/aromatic N) is 4. The number of amidine groups is 1. The van der Waals surface area contributed by atoms with E-state index in [9.17, 15) is 0 Å². The standard InChI is InChI=1S/C21H23FN4OS/c1-14-13-26-20(19(24-21(26)28-14)17-4-2-3-7-23-17)15-5-6-18(16(22)12-15)25-8-10-27-11-9-25/h2-7,12,14,19-20H,8-11,13H2,1H3. The van der Waals surface area contributed by atoms with Crippen molar-refractivity contribution in [2.75, 3.05) is 37.7 Å². The van der Waals surface area contributed by atoms with E-state index >= 15 is 4.39 Å². The molecule has 0 bridgehead atoms. The van der Waals surface area contributed by atoms with Crippen molar-refractivity contribution in [2.24, 2.45) is 4.99 Å². The highest BCUT2D eigenvalue weighted by atomic mass is 32.2. The number of halogens is 1. The lowest BCUT2D eigenvalue weighted by molar-refractivity contribution is 0.122. The van der Waals surface area contributed by atoms with Crippen molar-refractivity contribution in [3.05, 3.63) is 59.7 Å². The number of hydrogen-bond acceptors (Lipinski definition) is 6. The summed E-state index contributed by atoms with van der Waals surface area (Å²) < 4.78 is 20.5. The van der Waals surface area contributed by atoms with Gasteiger partial charge in [-0.25, -0.2) is 4.39 Å². The molecule has 5 rings (SSSR count). The Labute approximate surface area is 168 Å². The molecule has 146 valence electrons. The Hall–Kier alpha value is -2.12. The average Bonchev–Trinajstić information content (AvgIpc) is 3.25. The Morgan fingerprint density at radius 1 is 1.18 bits per heavy atom. The molecule has 0 amide bonds. The van der Waals surface area contributed by atoms with Gasteiger partial charge < -0.3 is 14.5 Å². The summed E-state index contributed by atoms with van der Waals surface area (Å²) in [6, 6.07) is 11.4. The van der Waals surface area contributed by atoms with Crippen LogP contribution < -0.4 is 4.90 Å². The summed E-state index contributed by atoms with van der Waals surface area (Å²) in [5.74, 6) is -0.174. The van der Waals surface area contributed by atoms with E-state index < -0.39 is 0 Å². The molecule has 28 heavy (non-hydrogen) atoms. The third kappa shape index (κ3) is 3.16. The topological polar surface area (TPSA) is 41.0 Å². The lowest BCUT2D eigenvalue weighted by Crippen LogP contribution is -2.36. The molecule has 0 spiro atoms. The first-order valence-electron chi connectivity index (χ1n) is 9.75. The monoisotopic (exact) mass is 398 g/mol. The molecular formula is C21H23FN4OS. The summed E-state index contributed by atoms with van der Waals surface area (Å²) >= 11 is 1.80. The van der Waals surface area contributed by atoms with Gasteiger partial charge in [0.1, 0.15) is 11.9 Å². The van der Waals surface area contributed by atoms with Gasteiger partial charge in [-0.2, -0.15) is 0 Å². The minimum atomic E-state index is -0.174. The number of anilines is 1. The lowest BCUT2D eigenvalue weighted by atomic mass is 9.96. The molecule has 5 nitrogen and oxygen atoms in total. The molecule has 1 aromatic carbocycles. The third-order valence-corrected chi connectivity index (χ3v) is 6.65. The van der Waals surface area contributed by atoms with Crippen LogP contribution in [0.25, 0.3) is 0 Å². The molecule has 0 N–H and O–H groups in total. The van der Waals surface area contributed by atoms with E-state index in [-0.39, 0.29) is 17.9 Å². The first kappa shape index (κ1) is 17.9. The fraction of sp³-hybridized carbons (Fsp3) is 0.429. The van der Waals surface area contributed by atoms with Crippen LogP contribution >= 0.6 is 11.8 Å². The number of hydrogen-bond donors (Lipinski definition) is 0. The van der Waals surface area contributed by atoms with Crippen LogP contribution in [0.5, 0.6) is 0 Å². The maximum atomic E-state index is 15.1. The van der Waals surface area contributed by atoms with Crippen LogP contribution in [-0.2, 0) is 4.74 Å². The Balaban J connectivity index is 1.50. The number of ether oxygens (including phenoxy) is 1. The number of fused-ring (bicyclic) bond motifs is 1. The molecular weight excluding hydrogens is 375 g/mol. The van der Waals surface area contributed by atoms with Gasteiger partial charge in [0.25, 0.3) is 0 Å². The summed E-state index contributed by atoms with van der Waals surface area (Å²) in [4.78, 5) is 13.9. The molecule has 0 aliphatic carbocycles. The first-order valence-corrected chi connectivity index (χ1v) is 10.6. The minimum Gasteiger partial charge on any atom is -0.378 e. The second-order valence-electron chi connectivity index (χ2n) is 7.45. The summed E-state index contributed by atoms with van der Waals surface area (Å²) in [5, 5.41) is 1.54. The molecule has 2 aromatic rings. The number of pyridine rings is 1. The molecule has 3 unspecified atom stereocenters. The fourth-order valence-electron chi connectivity index (χ4n) is 4.25. The van der Waals surface area contributed by atoms with E-state index in [2.05, 4.69) is 27.8 Å². The molecule has 2 saturated heterocycles. The predicted molar refractivity (Wildman–Crippen MR) is 110 cm³/mol. The van der Waals surface area contributed by atoms with Crippen LogP contribution in [0.15, 0.2) is 47.6 Å². The van der Waals surface area contributed by atoms with Crippen molar-refractivity contribution in [3.8, 4) is 0 Å². The number of benzene rings is 1. The largest absolute Gasteiger partial charge is 0.378 e. The molecule has 7 heteroatoms. The van der Waals surface area contributed by atoms with Crippen molar-refractivity contribution in [3.63, 3.8) is 0 Å². The highest BCUT2D eigenvalue weighted by molar-refractivity contribution is 8.14. The van der Waals surface area contributed by atoms with E-state index in [0.717, 1.165) is 36.1 Å². The van der Waals surface area contributed by atoms with Gasteiger partial charge in [0.05, 0.1) is 30.6 Å². The maximum Gasteiger partial charge on any atom is 0.160 e.